The zero-order valence-electron chi connectivity index (χ0n) is 15.6. The van der Waals surface area contributed by atoms with E-state index in [4.69, 9.17) is 5.73 Å². The molecule has 1 unspecified atom stereocenters. The van der Waals surface area contributed by atoms with E-state index in [9.17, 15) is 14.4 Å². The topological polar surface area (TPSA) is 121 Å². The van der Waals surface area contributed by atoms with Gasteiger partial charge in [-0.25, -0.2) is 4.98 Å². The maximum Gasteiger partial charge on any atom is 0.265 e. The van der Waals surface area contributed by atoms with Gasteiger partial charge in [-0.3, -0.25) is 14.4 Å². The fourth-order valence-corrected chi connectivity index (χ4v) is 3.94. The molecule has 0 radical (unpaired) electrons. The van der Waals surface area contributed by atoms with Crippen molar-refractivity contribution in [2.24, 2.45) is 11.7 Å². The molecule has 148 valence electrons. The number of hydrogen-bond acceptors (Lipinski definition) is 5. The number of aromatic nitrogens is 2. The van der Waals surface area contributed by atoms with Crippen LogP contribution >= 0.6 is 11.3 Å². The summed E-state index contributed by atoms with van der Waals surface area (Å²) in [6.45, 7) is 2.32. The van der Waals surface area contributed by atoms with Crippen molar-refractivity contribution in [1.29, 1.82) is 0 Å². The quantitative estimate of drug-likeness (QED) is 0.599. The Labute approximate surface area is 170 Å². The highest BCUT2D eigenvalue weighted by Gasteiger charge is 2.35. The van der Waals surface area contributed by atoms with Gasteiger partial charge in [0, 0.05) is 35.8 Å². The van der Waals surface area contributed by atoms with Gasteiger partial charge < -0.3 is 20.9 Å². The Morgan fingerprint density at radius 3 is 2.76 bits per heavy atom. The van der Waals surface area contributed by atoms with E-state index in [2.05, 4.69) is 15.3 Å². The van der Waals surface area contributed by atoms with Crippen molar-refractivity contribution in [3.63, 3.8) is 0 Å². The van der Waals surface area contributed by atoms with Crippen LogP contribution in [0.2, 0.25) is 0 Å². The van der Waals surface area contributed by atoms with Crippen molar-refractivity contribution in [3.8, 4) is 11.3 Å². The molecule has 1 aliphatic heterocycles. The molecule has 1 fully saturated rings. The summed E-state index contributed by atoms with van der Waals surface area (Å²) >= 11 is 1.28. The number of nitrogens with one attached hydrogen (secondary N) is 2. The van der Waals surface area contributed by atoms with E-state index < -0.39 is 11.8 Å². The number of rotatable bonds is 5. The summed E-state index contributed by atoms with van der Waals surface area (Å²) in [7, 11) is 0. The van der Waals surface area contributed by atoms with E-state index in [1.54, 1.807) is 22.5 Å². The van der Waals surface area contributed by atoms with Crippen molar-refractivity contribution < 1.29 is 14.4 Å². The molecule has 3 aromatic rings. The molecule has 3 heterocycles. The summed E-state index contributed by atoms with van der Waals surface area (Å²) in [6, 6.07) is 9.27. The molecule has 2 aromatic heterocycles. The number of nitrogens with zero attached hydrogens (tertiary/aromatic N) is 2. The van der Waals surface area contributed by atoms with E-state index in [-0.39, 0.29) is 18.2 Å². The number of amides is 3. The normalized spacial score (nSPS) is 16.2. The summed E-state index contributed by atoms with van der Waals surface area (Å²) in [5.74, 6) is -1.30. The van der Waals surface area contributed by atoms with Crippen LogP contribution in [0.15, 0.2) is 41.9 Å². The zero-order chi connectivity index (χ0) is 20.5. The van der Waals surface area contributed by atoms with Gasteiger partial charge in [0.1, 0.15) is 5.69 Å². The number of H-pyrrole nitrogens is 1. The van der Waals surface area contributed by atoms with Crippen LogP contribution in [-0.2, 0) is 9.59 Å². The minimum absolute atomic E-state index is 0.0693. The molecule has 1 aliphatic rings. The fourth-order valence-electron chi connectivity index (χ4n) is 3.21. The molecule has 4 rings (SSSR count). The number of carbonyl (C=O) groups is 3. The van der Waals surface area contributed by atoms with E-state index >= 15 is 0 Å². The highest BCUT2D eigenvalue weighted by molar-refractivity contribution is 7.14. The number of anilines is 2. The Kier molecular flexibility index (Phi) is 4.89. The fraction of sp³-hybridized carbons (Fsp3) is 0.200. The number of hydrogen-bond donors (Lipinski definition) is 3. The number of benzene rings is 1. The molecule has 1 saturated heterocycles. The molecular weight excluding hydrogens is 390 g/mol. The standard InChI is InChI=1S/C20H19N5O3S/c1-11-2-4-14(5-3-11)25-9-13(7-17(25)26)19(28)24-20-23-16(10-29-20)12-6-15(18(21)27)22-8-12/h2-6,8,10,13,22H,7,9H2,1H3,(H2,21,27)(H,23,24,28). The van der Waals surface area contributed by atoms with Crippen LogP contribution in [0.25, 0.3) is 11.3 Å². The number of aryl methyl sites for hydroxylation is 1. The highest BCUT2D eigenvalue weighted by Crippen LogP contribution is 2.28. The number of thiazole rings is 1. The van der Waals surface area contributed by atoms with Gasteiger partial charge in [0.15, 0.2) is 5.13 Å². The van der Waals surface area contributed by atoms with E-state index in [1.807, 2.05) is 31.2 Å². The third-order valence-electron chi connectivity index (χ3n) is 4.82. The Balaban J connectivity index is 1.42. The lowest BCUT2D eigenvalue weighted by Crippen LogP contribution is -2.28. The van der Waals surface area contributed by atoms with Crippen LogP contribution in [-0.4, -0.2) is 34.2 Å². The van der Waals surface area contributed by atoms with Gasteiger partial charge in [-0.05, 0) is 25.1 Å². The second-order valence-electron chi connectivity index (χ2n) is 6.93. The Morgan fingerprint density at radius 1 is 1.31 bits per heavy atom. The highest BCUT2D eigenvalue weighted by atomic mass is 32.1. The van der Waals surface area contributed by atoms with Gasteiger partial charge >= 0.3 is 0 Å². The molecule has 9 heteroatoms. The first kappa shape index (κ1) is 18.9. The molecule has 0 spiro atoms. The molecule has 0 aliphatic carbocycles. The average Bonchev–Trinajstić information content (AvgIpc) is 3.41. The van der Waals surface area contributed by atoms with Crippen molar-refractivity contribution in [1.82, 2.24) is 9.97 Å². The van der Waals surface area contributed by atoms with Crippen LogP contribution < -0.4 is 16.0 Å². The maximum atomic E-state index is 12.6. The molecule has 0 bridgehead atoms. The number of carbonyl (C=O) groups excluding carboxylic acids is 3. The number of primary amides is 1. The largest absolute Gasteiger partial charge is 0.364 e. The Hall–Kier alpha value is -3.46. The van der Waals surface area contributed by atoms with Crippen LogP contribution in [0.3, 0.4) is 0 Å². The van der Waals surface area contributed by atoms with Gasteiger partial charge in [-0.1, -0.05) is 17.7 Å². The van der Waals surface area contributed by atoms with Gasteiger partial charge in [-0.2, -0.15) is 0 Å². The van der Waals surface area contributed by atoms with E-state index in [0.717, 1.165) is 11.3 Å². The summed E-state index contributed by atoms with van der Waals surface area (Å²) in [6.07, 6.45) is 1.80. The van der Waals surface area contributed by atoms with Crippen LogP contribution in [0.4, 0.5) is 10.8 Å². The van der Waals surface area contributed by atoms with Crippen molar-refractivity contribution in [2.45, 2.75) is 13.3 Å². The van der Waals surface area contributed by atoms with E-state index in [1.165, 1.54) is 11.3 Å². The van der Waals surface area contributed by atoms with Crippen LogP contribution in [0.1, 0.15) is 22.5 Å². The Bertz CT molecular complexity index is 1090. The zero-order valence-corrected chi connectivity index (χ0v) is 16.5. The lowest BCUT2D eigenvalue weighted by atomic mass is 10.1. The minimum atomic E-state index is -0.552. The predicted molar refractivity (Wildman–Crippen MR) is 111 cm³/mol. The molecular formula is C20H19N5O3S. The number of nitrogens with two attached hydrogens (primary N) is 1. The smallest absolute Gasteiger partial charge is 0.265 e. The van der Waals surface area contributed by atoms with Gasteiger partial charge in [-0.15, -0.1) is 11.3 Å². The molecule has 4 N–H and O–H groups in total. The van der Waals surface area contributed by atoms with Crippen molar-refractivity contribution in [2.75, 3.05) is 16.8 Å². The molecule has 1 atom stereocenters. The third-order valence-corrected chi connectivity index (χ3v) is 5.58. The van der Waals surface area contributed by atoms with Gasteiger partial charge in [0.05, 0.1) is 11.6 Å². The first-order valence-corrected chi connectivity index (χ1v) is 9.90. The molecule has 8 nitrogen and oxygen atoms in total. The monoisotopic (exact) mass is 409 g/mol. The van der Waals surface area contributed by atoms with Crippen LogP contribution in [0.5, 0.6) is 0 Å². The van der Waals surface area contributed by atoms with E-state index in [0.29, 0.717) is 28.6 Å². The first-order valence-electron chi connectivity index (χ1n) is 9.02. The Morgan fingerprint density at radius 2 is 2.07 bits per heavy atom. The summed E-state index contributed by atoms with van der Waals surface area (Å²) < 4.78 is 0. The summed E-state index contributed by atoms with van der Waals surface area (Å²) in [5, 5.41) is 5.01. The van der Waals surface area contributed by atoms with Crippen molar-refractivity contribution >= 4 is 39.9 Å². The third kappa shape index (κ3) is 3.90. The second kappa shape index (κ2) is 7.51. The summed E-state index contributed by atoms with van der Waals surface area (Å²) in [5.41, 5.74) is 8.77. The lowest BCUT2D eigenvalue weighted by molar-refractivity contribution is -0.122. The van der Waals surface area contributed by atoms with Crippen molar-refractivity contribution in [3.05, 3.63) is 53.2 Å². The molecule has 0 saturated carbocycles. The maximum absolute atomic E-state index is 12.6. The molecule has 1 aromatic carbocycles. The minimum Gasteiger partial charge on any atom is -0.364 e. The van der Waals surface area contributed by atoms with Crippen LogP contribution in [0, 0.1) is 12.8 Å². The lowest BCUT2D eigenvalue weighted by Gasteiger charge is -2.16. The van der Waals surface area contributed by atoms with Gasteiger partial charge in [0.2, 0.25) is 11.8 Å². The predicted octanol–water partition coefficient (Wildman–Crippen LogP) is 2.54. The second-order valence-corrected chi connectivity index (χ2v) is 7.79. The molecule has 3 amide bonds. The number of aromatic amines is 1. The average molecular weight is 409 g/mol. The first-order chi connectivity index (χ1) is 13.9. The van der Waals surface area contributed by atoms with Gasteiger partial charge in [0.25, 0.3) is 5.91 Å². The molecule has 29 heavy (non-hydrogen) atoms. The summed E-state index contributed by atoms with van der Waals surface area (Å²) in [4.78, 5) is 45.0. The SMILES string of the molecule is Cc1ccc(N2CC(C(=O)Nc3nc(-c4c[nH]c(C(N)=O)c4)cs3)CC2=O)cc1.